The first-order chi connectivity index (χ1) is 8.27. The van der Waals surface area contributed by atoms with Crippen LogP contribution in [0.25, 0.3) is 0 Å². The van der Waals surface area contributed by atoms with Crippen molar-refractivity contribution in [2.45, 2.75) is 6.10 Å². The second-order valence-electron chi connectivity index (χ2n) is 3.43. The maximum absolute atomic E-state index is 9.44. The lowest BCUT2D eigenvalue weighted by Crippen LogP contribution is -2.08. The zero-order chi connectivity index (χ0) is 12.5. The first-order valence-corrected chi connectivity index (χ1v) is 5.36. The minimum absolute atomic E-state index is 0.127. The van der Waals surface area contributed by atoms with Gasteiger partial charge in [0, 0.05) is 7.11 Å². The molecule has 0 aliphatic rings. The van der Waals surface area contributed by atoms with Crippen LogP contribution in [0.2, 0.25) is 0 Å². The summed E-state index contributed by atoms with van der Waals surface area (Å²) in [6, 6.07) is 6.89. The van der Waals surface area contributed by atoms with Crippen LogP contribution in [0, 0.1) is 0 Å². The largest absolute Gasteiger partial charge is 0.468 e. The molecule has 0 heterocycles. The molecule has 0 saturated heterocycles. The van der Waals surface area contributed by atoms with Gasteiger partial charge in [0.2, 0.25) is 0 Å². The summed E-state index contributed by atoms with van der Waals surface area (Å²) in [6.45, 7) is 0.803. The number of hydrogen-bond donors (Lipinski definition) is 2. The Hall–Kier alpha value is -1.14. The van der Waals surface area contributed by atoms with E-state index < -0.39 is 6.10 Å². The monoisotopic (exact) mass is 242 g/mol. The molecule has 0 amide bonds. The molecule has 96 valence electrons. The molecule has 1 rings (SSSR count). The third-order valence-electron chi connectivity index (χ3n) is 2.16. The molecular formula is C12H18O5. The van der Waals surface area contributed by atoms with Crippen LogP contribution in [0.1, 0.15) is 11.7 Å². The highest BCUT2D eigenvalue weighted by atomic mass is 16.7. The summed E-state index contributed by atoms with van der Waals surface area (Å²) in [7, 11) is 1.60. The fourth-order valence-electron chi connectivity index (χ4n) is 1.23. The van der Waals surface area contributed by atoms with Crippen LogP contribution in [0.15, 0.2) is 24.3 Å². The Morgan fingerprint density at radius 1 is 1.29 bits per heavy atom. The van der Waals surface area contributed by atoms with E-state index in [-0.39, 0.29) is 13.4 Å². The predicted octanol–water partition coefficient (Wildman–Crippen LogP) is 0.712. The molecule has 0 fully saturated rings. The van der Waals surface area contributed by atoms with Crippen LogP contribution in [0.3, 0.4) is 0 Å². The maximum Gasteiger partial charge on any atom is 0.189 e. The molecule has 0 spiro atoms. The number of ether oxygens (including phenoxy) is 3. The van der Waals surface area contributed by atoms with Crippen molar-refractivity contribution in [3.8, 4) is 5.75 Å². The van der Waals surface area contributed by atoms with E-state index in [1.54, 1.807) is 31.4 Å². The predicted molar refractivity (Wildman–Crippen MR) is 61.8 cm³/mol. The van der Waals surface area contributed by atoms with Crippen molar-refractivity contribution in [1.29, 1.82) is 0 Å². The highest BCUT2D eigenvalue weighted by Crippen LogP contribution is 2.18. The molecule has 1 aromatic carbocycles. The number of rotatable bonds is 8. The molecule has 0 aromatic heterocycles. The van der Waals surface area contributed by atoms with Crippen molar-refractivity contribution in [3.05, 3.63) is 29.8 Å². The van der Waals surface area contributed by atoms with Gasteiger partial charge in [0.1, 0.15) is 11.9 Å². The quantitative estimate of drug-likeness (QED) is 0.519. The molecule has 1 atom stereocenters. The molecule has 0 bridgehead atoms. The van der Waals surface area contributed by atoms with Gasteiger partial charge in [0.05, 0.1) is 19.8 Å². The van der Waals surface area contributed by atoms with Gasteiger partial charge in [-0.2, -0.15) is 0 Å². The molecule has 1 unspecified atom stereocenters. The van der Waals surface area contributed by atoms with Gasteiger partial charge in [0.25, 0.3) is 0 Å². The Labute approximate surface area is 101 Å². The van der Waals surface area contributed by atoms with Crippen LogP contribution in [0.5, 0.6) is 5.75 Å². The van der Waals surface area contributed by atoms with E-state index in [0.29, 0.717) is 24.5 Å². The van der Waals surface area contributed by atoms with Gasteiger partial charge >= 0.3 is 0 Å². The second-order valence-corrected chi connectivity index (χ2v) is 3.43. The van der Waals surface area contributed by atoms with E-state index in [0.717, 1.165) is 0 Å². The van der Waals surface area contributed by atoms with E-state index >= 15 is 0 Å². The number of aliphatic hydroxyl groups excluding tert-OH is 2. The van der Waals surface area contributed by atoms with E-state index in [2.05, 4.69) is 0 Å². The van der Waals surface area contributed by atoms with Crippen molar-refractivity contribution in [1.82, 2.24) is 0 Å². The van der Waals surface area contributed by atoms with E-state index in [1.165, 1.54) is 0 Å². The molecule has 0 radical (unpaired) electrons. The Morgan fingerprint density at radius 3 is 2.82 bits per heavy atom. The Bertz CT molecular complexity index is 316. The summed E-state index contributed by atoms with van der Waals surface area (Å²) in [5.74, 6) is 0.590. The molecule has 1 aromatic rings. The van der Waals surface area contributed by atoms with E-state index in [9.17, 15) is 5.11 Å². The zero-order valence-corrected chi connectivity index (χ0v) is 9.83. The molecule has 0 saturated carbocycles. The van der Waals surface area contributed by atoms with E-state index in [1.807, 2.05) is 0 Å². The zero-order valence-electron chi connectivity index (χ0n) is 9.83. The molecule has 5 heteroatoms. The van der Waals surface area contributed by atoms with Gasteiger partial charge in [-0.05, 0) is 17.7 Å². The fraction of sp³-hybridized carbons (Fsp3) is 0.500. The highest BCUT2D eigenvalue weighted by molar-refractivity contribution is 5.29. The summed E-state index contributed by atoms with van der Waals surface area (Å²) in [4.78, 5) is 0. The lowest BCUT2D eigenvalue weighted by atomic mass is 10.1. The van der Waals surface area contributed by atoms with Crippen molar-refractivity contribution in [2.24, 2.45) is 0 Å². The fourth-order valence-corrected chi connectivity index (χ4v) is 1.23. The molecule has 0 aliphatic carbocycles. The summed E-state index contributed by atoms with van der Waals surface area (Å²) >= 11 is 0. The third kappa shape index (κ3) is 5.14. The Morgan fingerprint density at radius 2 is 2.12 bits per heavy atom. The smallest absolute Gasteiger partial charge is 0.189 e. The molecule has 5 nitrogen and oxygen atoms in total. The molecular weight excluding hydrogens is 224 g/mol. The van der Waals surface area contributed by atoms with Crippen LogP contribution in [-0.4, -0.2) is 43.9 Å². The molecule has 17 heavy (non-hydrogen) atoms. The lowest BCUT2D eigenvalue weighted by molar-refractivity contribution is -0.00862. The van der Waals surface area contributed by atoms with Crippen molar-refractivity contribution in [3.63, 3.8) is 0 Å². The van der Waals surface area contributed by atoms with Gasteiger partial charge in [-0.1, -0.05) is 12.1 Å². The number of hydrogen-bond acceptors (Lipinski definition) is 5. The average Bonchev–Trinajstić information content (AvgIpc) is 2.38. The summed E-state index contributed by atoms with van der Waals surface area (Å²) in [6.07, 6.45) is -0.882. The Kier molecular flexibility index (Phi) is 6.57. The standard InChI is InChI=1S/C12H18O5/c1-15-5-6-16-9-17-11-4-2-3-10(7-11)12(14)8-13/h2-4,7,12-14H,5-6,8-9H2,1H3. The molecule has 0 aliphatic heterocycles. The second kappa shape index (κ2) is 8.03. The van der Waals surface area contributed by atoms with Gasteiger partial charge in [0.15, 0.2) is 6.79 Å². The number of methoxy groups -OCH3 is 1. The molecule has 2 N–H and O–H groups in total. The third-order valence-corrected chi connectivity index (χ3v) is 2.16. The van der Waals surface area contributed by atoms with Gasteiger partial charge in [-0.15, -0.1) is 0 Å². The van der Waals surface area contributed by atoms with Crippen molar-refractivity contribution < 1.29 is 24.4 Å². The van der Waals surface area contributed by atoms with Crippen LogP contribution in [0.4, 0.5) is 0 Å². The van der Waals surface area contributed by atoms with Gasteiger partial charge in [-0.3, -0.25) is 0 Å². The SMILES string of the molecule is COCCOCOc1cccc(C(O)CO)c1. The maximum atomic E-state index is 9.44. The van der Waals surface area contributed by atoms with Crippen molar-refractivity contribution in [2.75, 3.05) is 33.7 Å². The number of aliphatic hydroxyl groups is 2. The van der Waals surface area contributed by atoms with Crippen LogP contribution in [-0.2, 0) is 9.47 Å². The minimum atomic E-state index is -0.882. The first-order valence-electron chi connectivity index (χ1n) is 5.36. The number of benzene rings is 1. The summed E-state index contributed by atoms with van der Waals surface area (Å²) in [5, 5.41) is 18.3. The topological polar surface area (TPSA) is 68.2 Å². The van der Waals surface area contributed by atoms with E-state index in [4.69, 9.17) is 19.3 Å². The summed E-state index contributed by atoms with van der Waals surface area (Å²) in [5.41, 5.74) is 0.613. The summed E-state index contributed by atoms with van der Waals surface area (Å²) < 4.78 is 15.3. The van der Waals surface area contributed by atoms with Gasteiger partial charge < -0.3 is 24.4 Å². The lowest BCUT2D eigenvalue weighted by Gasteiger charge is -2.10. The minimum Gasteiger partial charge on any atom is -0.468 e. The highest BCUT2D eigenvalue weighted by Gasteiger charge is 2.06. The Balaban J connectivity index is 2.38. The normalized spacial score (nSPS) is 12.4. The average molecular weight is 242 g/mol. The first kappa shape index (κ1) is 13.9. The van der Waals surface area contributed by atoms with Crippen LogP contribution >= 0.6 is 0 Å². The van der Waals surface area contributed by atoms with Crippen LogP contribution < -0.4 is 4.74 Å². The van der Waals surface area contributed by atoms with Crippen molar-refractivity contribution >= 4 is 0 Å². The van der Waals surface area contributed by atoms with Gasteiger partial charge in [-0.25, -0.2) is 0 Å².